The smallest absolute Gasteiger partial charge is 0.167 e. The first kappa shape index (κ1) is 15.3. The van der Waals surface area contributed by atoms with Gasteiger partial charge in [0.05, 0.1) is 7.11 Å². The number of aryl methyl sites for hydroxylation is 1. The summed E-state index contributed by atoms with van der Waals surface area (Å²) in [7, 11) is 1.62. The standard InChI is InChI=1S/C19H22O2/c1-3-4-5-15-6-8-16(9-7-15)14-19(20)17-10-12-18(21-2)13-11-17/h6-13H,3-5,14H2,1-2H3. The summed E-state index contributed by atoms with van der Waals surface area (Å²) < 4.78 is 5.10. The average Bonchev–Trinajstić information content (AvgIpc) is 2.54. The number of hydrogen-bond donors (Lipinski definition) is 0. The van der Waals surface area contributed by atoms with Gasteiger partial charge in [-0.05, 0) is 48.2 Å². The maximum Gasteiger partial charge on any atom is 0.167 e. The van der Waals surface area contributed by atoms with Crippen LogP contribution in [-0.2, 0) is 12.8 Å². The highest BCUT2D eigenvalue weighted by Crippen LogP contribution is 2.14. The van der Waals surface area contributed by atoms with Gasteiger partial charge in [0.2, 0.25) is 0 Å². The van der Waals surface area contributed by atoms with Crippen molar-refractivity contribution < 1.29 is 9.53 Å². The van der Waals surface area contributed by atoms with Crippen LogP contribution in [0.3, 0.4) is 0 Å². The summed E-state index contributed by atoms with van der Waals surface area (Å²) >= 11 is 0. The molecule has 0 fully saturated rings. The summed E-state index contributed by atoms with van der Waals surface area (Å²) in [5.74, 6) is 0.908. The van der Waals surface area contributed by atoms with Gasteiger partial charge in [-0.3, -0.25) is 4.79 Å². The molecule has 0 heterocycles. The van der Waals surface area contributed by atoms with E-state index in [0.29, 0.717) is 6.42 Å². The minimum absolute atomic E-state index is 0.138. The van der Waals surface area contributed by atoms with E-state index in [4.69, 9.17) is 4.74 Å². The Kier molecular flexibility index (Phi) is 5.56. The molecule has 0 spiro atoms. The Morgan fingerprint density at radius 1 is 0.952 bits per heavy atom. The molecule has 0 aliphatic carbocycles. The summed E-state index contributed by atoms with van der Waals surface area (Å²) in [6.07, 6.45) is 3.98. The number of ether oxygens (including phenoxy) is 1. The van der Waals surface area contributed by atoms with E-state index >= 15 is 0 Å². The summed E-state index contributed by atoms with van der Waals surface area (Å²) in [4.78, 5) is 12.2. The number of carbonyl (C=O) groups is 1. The van der Waals surface area contributed by atoms with E-state index in [1.54, 1.807) is 7.11 Å². The van der Waals surface area contributed by atoms with Crippen molar-refractivity contribution in [3.8, 4) is 5.75 Å². The molecule has 2 aromatic carbocycles. The van der Waals surface area contributed by atoms with Crippen LogP contribution in [-0.4, -0.2) is 12.9 Å². The zero-order chi connectivity index (χ0) is 15.1. The first-order chi connectivity index (χ1) is 10.2. The second-order valence-electron chi connectivity index (χ2n) is 5.25. The number of hydrogen-bond acceptors (Lipinski definition) is 2. The molecule has 0 saturated carbocycles. The van der Waals surface area contributed by atoms with Crippen LogP contribution in [0.25, 0.3) is 0 Å². The fourth-order valence-electron chi connectivity index (χ4n) is 2.27. The number of benzene rings is 2. The Morgan fingerprint density at radius 2 is 1.57 bits per heavy atom. The van der Waals surface area contributed by atoms with Crippen molar-refractivity contribution in [3.05, 3.63) is 65.2 Å². The lowest BCUT2D eigenvalue weighted by molar-refractivity contribution is 0.0993. The minimum Gasteiger partial charge on any atom is -0.497 e. The lowest BCUT2D eigenvalue weighted by Crippen LogP contribution is -2.03. The van der Waals surface area contributed by atoms with E-state index in [2.05, 4.69) is 31.2 Å². The molecule has 0 radical (unpaired) electrons. The first-order valence-electron chi connectivity index (χ1n) is 7.48. The summed E-state index contributed by atoms with van der Waals surface area (Å²) in [5.41, 5.74) is 3.14. The lowest BCUT2D eigenvalue weighted by Gasteiger charge is -2.05. The van der Waals surface area contributed by atoms with E-state index in [-0.39, 0.29) is 5.78 Å². The van der Waals surface area contributed by atoms with Crippen LogP contribution in [0.2, 0.25) is 0 Å². The number of unbranched alkanes of at least 4 members (excludes halogenated alkanes) is 1. The monoisotopic (exact) mass is 282 g/mol. The lowest BCUT2D eigenvalue weighted by atomic mass is 10.0. The maximum atomic E-state index is 12.2. The van der Waals surface area contributed by atoms with Gasteiger partial charge in [-0.15, -0.1) is 0 Å². The largest absolute Gasteiger partial charge is 0.497 e. The fourth-order valence-corrected chi connectivity index (χ4v) is 2.27. The second-order valence-corrected chi connectivity index (χ2v) is 5.25. The molecule has 0 N–H and O–H groups in total. The van der Waals surface area contributed by atoms with E-state index in [1.807, 2.05) is 24.3 Å². The van der Waals surface area contributed by atoms with Gasteiger partial charge in [0, 0.05) is 12.0 Å². The molecule has 2 rings (SSSR count). The first-order valence-corrected chi connectivity index (χ1v) is 7.48. The van der Waals surface area contributed by atoms with Crippen molar-refractivity contribution in [1.82, 2.24) is 0 Å². The number of carbonyl (C=O) groups excluding carboxylic acids is 1. The summed E-state index contributed by atoms with van der Waals surface area (Å²) in [6.45, 7) is 2.20. The maximum absolute atomic E-state index is 12.2. The van der Waals surface area contributed by atoms with E-state index in [9.17, 15) is 4.79 Å². The Balaban J connectivity index is 1.98. The van der Waals surface area contributed by atoms with E-state index in [0.717, 1.165) is 23.3 Å². The van der Waals surface area contributed by atoms with Crippen molar-refractivity contribution in [2.45, 2.75) is 32.6 Å². The predicted molar refractivity (Wildman–Crippen MR) is 86.1 cm³/mol. The molecule has 2 aromatic rings. The molecular weight excluding hydrogens is 260 g/mol. The highest BCUT2D eigenvalue weighted by Gasteiger charge is 2.07. The number of rotatable bonds is 7. The summed E-state index contributed by atoms with van der Waals surface area (Å²) in [5, 5.41) is 0. The molecule has 110 valence electrons. The molecule has 0 amide bonds. The zero-order valence-corrected chi connectivity index (χ0v) is 12.8. The number of Topliss-reactive ketones (excluding diaryl/α,β-unsaturated/α-hetero) is 1. The van der Waals surface area contributed by atoms with Gasteiger partial charge in [-0.2, -0.15) is 0 Å². The van der Waals surface area contributed by atoms with Crippen LogP contribution < -0.4 is 4.74 Å². The minimum atomic E-state index is 0.138. The van der Waals surface area contributed by atoms with Crippen molar-refractivity contribution in [3.63, 3.8) is 0 Å². The molecule has 0 aliphatic rings. The molecule has 2 heteroatoms. The zero-order valence-electron chi connectivity index (χ0n) is 12.8. The van der Waals surface area contributed by atoms with Gasteiger partial charge >= 0.3 is 0 Å². The second kappa shape index (κ2) is 7.63. The highest BCUT2D eigenvalue weighted by molar-refractivity contribution is 5.97. The SMILES string of the molecule is CCCCc1ccc(CC(=O)c2ccc(OC)cc2)cc1. The van der Waals surface area contributed by atoms with Crippen LogP contribution in [0.1, 0.15) is 41.3 Å². The molecule has 0 saturated heterocycles. The molecule has 0 bridgehead atoms. The summed E-state index contributed by atoms with van der Waals surface area (Å²) in [6, 6.07) is 15.7. The topological polar surface area (TPSA) is 26.3 Å². The molecule has 0 aromatic heterocycles. The predicted octanol–water partition coefficient (Wildman–Crippen LogP) is 4.46. The van der Waals surface area contributed by atoms with Crippen LogP contribution >= 0.6 is 0 Å². The van der Waals surface area contributed by atoms with E-state index in [1.165, 1.54) is 18.4 Å². The van der Waals surface area contributed by atoms with Crippen LogP contribution in [0.15, 0.2) is 48.5 Å². The molecule has 2 nitrogen and oxygen atoms in total. The van der Waals surface area contributed by atoms with Gasteiger partial charge in [0.25, 0.3) is 0 Å². The van der Waals surface area contributed by atoms with Gasteiger partial charge in [0.1, 0.15) is 5.75 Å². The molecule has 0 unspecified atom stereocenters. The Labute approximate surface area is 126 Å². The van der Waals surface area contributed by atoms with Crippen LogP contribution in [0.4, 0.5) is 0 Å². The van der Waals surface area contributed by atoms with Crippen molar-refractivity contribution in [2.24, 2.45) is 0 Å². The third-order valence-corrected chi connectivity index (χ3v) is 3.62. The van der Waals surface area contributed by atoms with Gasteiger partial charge in [-0.1, -0.05) is 37.6 Å². The molecule has 0 atom stereocenters. The Bertz CT molecular complexity index is 568. The molecular formula is C19H22O2. The third kappa shape index (κ3) is 4.45. The van der Waals surface area contributed by atoms with Gasteiger partial charge in [0.15, 0.2) is 5.78 Å². The quantitative estimate of drug-likeness (QED) is 0.701. The Hall–Kier alpha value is -2.09. The van der Waals surface area contributed by atoms with Gasteiger partial charge < -0.3 is 4.74 Å². The fraction of sp³-hybridized carbons (Fsp3) is 0.316. The van der Waals surface area contributed by atoms with Gasteiger partial charge in [-0.25, -0.2) is 0 Å². The molecule has 21 heavy (non-hydrogen) atoms. The number of methoxy groups -OCH3 is 1. The van der Waals surface area contributed by atoms with Crippen molar-refractivity contribution >= 4 is 5.78 Å². The van der Waals surface area contributed by atoms with Crippen molar-refractivity contribution in [1.29, 1.82) is 0 Å². The number of ketones is 1. The van der Waals surface area contributed by atoms with E-state index < -0.39 is 0 Å². The van der Waals surface area contributed by atoms with Crippen LogP contribution in [0, 0.1) is 0 Å². The van der Waals surface area contributed by atoms with Crippen molar-refractivity contribution in [2.75, 3.05) is 7.11 Å². The molecule has 0 aliphatic heterocycles. The third-order valence-electron chi connectivity index (χ3n) is 3.62. The van der Waals surface area contributed by atoms with Crippen LogP contribution in [0.5, 0.6) is 5.75 Å². The highest BCUT2D eigenvalue weighted by atomic mass is 16.5. The Morgan fingerprint density at radius 3 is 2.14 bits per heavy atom. The normalized spacial score (nSPS) is 10.4. The average molecular weight is 282 g/mol.